The number of carbonyl (C=O) groups is 1. The minimum atomic E-state index is -0.576. The fraction of sp³-hybridized carbons (Fsp3) is 0.500. The number of aliphatic hydroxyl groups is 1. The molecule has 1 aromatic heterocycles. The number of rotatable bonds is 14. The molecular weight excluding hydrogens is 486 g/mol. The van der Waals surface area contributed by atoms with Gasteiger partial charge in [0.15, 0.2) is 17.3 Å². The van der Waals surface area contributed by atoms with Gasteiger partial charge in [-0.3, -0.25) is 4.79 Å². The zero-order chi connectivity index (χ0) is 25.2. The minimum Gasteiger partial charge on any atom is -0.459 e. The van der Waals surface area contributed by atoms with E-state index in [0.717, 1.165) is 10.4 Å². The van der Waals surface area contributed by atoms with Crippen LogP contribution in [0.15, 0.2) is 47.5 Å². The van der Waals surface area contributed by atoms with E-state index in [1.54, 1.807) is 11.3 Å². The average molecular weight is 520 g/mol. The third-order valence-electron chi connectivity index (χ3n) is 5.90. The van der Waals surface area contributed by atoms with E-state index >= 15 is 0 Å². The summed E-state index contributed by atoms with van der Waals surface area (Å²) in [6, 6.07) is 9.67. The molecule has 10 heteroatoms. The standard InChI is InChI=1S/C26H33NO8S/c1-2-32-26-19(7-9-30-11-12-31-10-8-28)20(24-4-3-13-36-24)15-23(35-26)25(29)27-16-18-5-6-21-22(14-18)34-17-33-21/h3-6,13-15,19-20,26,28H,2,7-12,16-17H2,1H3,(H,27,29)/t19-,20-,26+/m1/s1. The summed E-state index contributed by atoms with van der Waals surface area (Å²) in [4.78, 5) is 14.2. The lowest BCUT2D eigenvalue weighted by atomic mass is 9.85. The van der Waals surface area contributed by atoms with Crippen molar-refractivity contribution >= 4 is 17.2 Å². The van der Waals surface area contributed by atoms with Gasteiger partial charge in [0.05, 0.1) is 26.4 Å². The number of aliphatic hydroxyl groups excluding tert-OH is 1. The molecule has 0 bridgehead atoms. The number of carbonyl (C=O) groups excluding carboxylic acids is 1. The van der Waals surface area contributed by atoms with Gasteiger partial charge in [-0.05, 0) is 48.6 Å². The Hall–Kier alpha value is -2.63. The minimum absolute atomic E-state index is 0.00309. The molecule has 3 heterocycles. The van der Waals surface area contributed by atoms with Crippen LogP contribution in [0.4, 0.5) is 0 Å². The van der Waals surface area contributed by atoms with Gasteiger partial charge in [0.2, 0.25) is 13.1 Å². The summed E-state index contributed by atoms with van der Waals surface area (Å²) in [5.74, 6) is 1.27. The van der Waals surface area contributed by atoms with Gasteiger partial charge >= 0.3 is 0 Å². The zero-order valence-corrected chi connectivity index (χ0v) is 21.2. The normalized spacial score (nSPS) is 20.6. The summed E-state index contributed by atoms with van der Waals surface area (Å²) in [6.45, 7) is 4.58. The van der Waals surface area contributed by atoms with E-state index in [2.05, 4.69) is 11.4 Å². The molecule has 2 N–H and O–H groups in total. The maximum Gasteiger partial charge on any atom is 0.286 e. The maximum atomic E-state index is 13.1. The lowest BCUT2D eigenvalue weighted by molar-refractivity contribution is -0.168. The molecule has 4 rings (SSSR count). The molecule has 0 radical (unpaired) electrons. The van der Waals surface area contributed by atoms with Crippen LogP contribution in [-0.4, -0.2) is 63.7 Å². The van der Waals surface area contributed by atoms with E-state index < -0.39 is 6.29 Å². The summed E-state index contributed by atoms with van der Waals surface area (Å²) in [5, 5.41) is 13.8. The molecule has 0 aliphatic carbocycles. The smallest absolute Gasteiger partial charge is 0.286 e. The van der Waals surface area contributed by atoms with E-state index in [1.807, 2.05) is 42.6 Å². The van der Waals surface area contributed by atoms with Gasteiger partial charge in [-0.2, -0.15) is 0 Å². The predicted octanol–water partition coefficient (Wildman–Crippen LogP) is 3.19. The van der Waals surface area contributed by atoms with Crippen LogP contribution < -0.4 is 14.8 Å². The summed E-state index contributed by atoms with van der Waals surface area (Å²) >= 11 is 1.64. The Kier molecular flexibility index (Phi) is 10.00. The Morgan fingerprint density at radius 3 is 2.75 bits per heavy atom. The molecule has 9 nitrogen and oxygen atoms in total. The maximum absolute atomic E-state index is 13.1. The van der Waals surface area contributed by atoms with Crippen molar-refractivity contribution in [1.29, 1.82) is 0 Å². The molecule has 0 saturated heterocycles. The fourth-order valence-corrected chi connectivity index (χ4v) is 5.05. The van der Waals surface area contributed by atoms with Crippen LogP contribution in [0.1, 0.15) is 29.7 Å². The van der Waals surface area contributed by atoms with Gasteiger partial charge in [-0.15, -0.1) is 11.3 Å². The second kappa shape index (κ2) is 13.6. The summed E-state index contributed by atoms with van der Waals surface area (Å²) in [5.41, 5.74) is 0.901. The largest absolute Gasteiger partial charge is 0.459 e. The molecule has 196 valence electrons. The monoisotopic (exact) mass is 519 g/mol. The van der Waals surface area contributed by atoms with Crippen LogP contribution in [0.3, 0.4) is 0 Å². The number of fused-ring (bicyclic) bond motifs is 1. The van der Waals surface area contributed by atoms with Gasteiger partial charge in [0.1, 0.15) is 0 Å². The van der Waals surface area contributed by atoms with Crippen LogP contribution in [0.25, 0.3) is 0 Å². The van der Waals surface area contributed by atoms with Gasteiger partial charge in [-0.25, -0.2) is 0 Å². The van der Waals surface area contributed by atoms with E-state index in [0.29, 0.717) is 57.5 Å². The number of allylic oxidation sites excluding steroid dienone is 1. The lowest BCUT2D eigenvalue weighted by Crippen LogP contribution is -2.39. The van der Waals surface area contributed by atoms with E-state index in [4.69, 9.17) is 33.5 Å². The summed E-state index contributed by atoms with van der Waals surface area (Å²) in [6.07, 6.45) is 2.01. The predicted molar refractivity (Wildman–Crippen MR) is 133 cm³/mol. The third-order valence-corrected chi connectivity index (χ3v) is 6.88. The first kappa shape index (κ1) is 26.4. The Morgan fingerprint density at radius 2 is 1.97 bits per heavy atom. The molecule has 1 amide bonds. The van der Waals surface area contributed by atoms with Gasteiger partial charge in [-0.1, -0.05) is 12.1 Å². The highest BCUT2D eigenvalue weighted by molar-refractivity contribution is 7.10. The topological polar surface area (TPSA) is 105 Å². The van der Waals surface area contributed by atoms with Crippen LogP contribution in [0.2, 0.25) is 0 Å². The highest BCUT2D eigenvalue weighted by atomic mass is 32.1. The SMILES string of the molecule is CCO[C@H]1OC(C(=O)NCc2ccc3c(c2)OCO3)=C[C@@H](c2cccs2)[C@H]1CCOCCOCCO. The van der Waals surface area contributed by atoms with Gasteiger partial charge in [0.25, 0.3) is 5.91 Å². The number of hydrogen-bond donors (Lipinski definition) is 2. The number of benzene rings is 1. The molecule has 1 aromatic carbocycles. The summed E-state index contributed by atoms with van der Waals surface area (Å²) < 4.78 is 33.8. The zero-order valence-electron chi connectivity index (χ0n) is 20.4. The first-order valence-electron chi connectivity index (χ1n) is 12.2. The van der Waals surface area contributed by atoms with Crippen LogP contribution in [0, 0.1) is 5.92 Å². The first-order chi connectivity index (χ1) is 17.7. The van der Waals surface area contributed by atoms with Gasteiger partial charge in [0, 0.05) is 36.5 Å². The highest BCUT2D eigenvalue weighted by Crippen LogP contribution is 2.40. The fourth-order valence-electron chi connectivity index (χ4n) is 4.17. The van der Waals surface area contributed by atoms with Crippen molar-refractivity contribution in [3.63, 3.8) is 0 Å². The average Bonchev–Trinajstić information content (AvgIpc) is 3.59. The van der Waals surface area contributed by atoms with E-state index in [-0.39, 0.29) is 36.9 Å². The number of hydrogen-bond acceptors (Lipinski definition) is 9. The Labute approximate surface area is 214 Å². The quantitative estimate of drug-likeness (QED) is 0.367. The number of thiophene rings is 1. The third kappa shape index (κ3) is 6.98. The molecular formula is C26H33NO8S. The molecule has 3 atom stereocenters. The van der Waals surface area contributed by atoms with Crippen LogP contribution in [-0.2, 0) is 30.3 Å². The Balaban J connectivity index is 1.41. The van der Waals surface area contributed by atoms with Crippen molar-refractivity contribution in [3.05, 3.63) is 58.0 Å². The second-order valence-corrected chi connectivity index (χ2v) is 9.26. The molecule has 2 aliphatic heterocycles. The van der Waals surface area contributed by atoms with Crippen LogP contribution >= 0.6 is 11.3 Å². The first-order valence-corrected chi connectivity index (χ1v) is 13.0. The highest BCUT2D eigenvalue weighted by Gasteiger charge is 2.38. The van der Waals surface area contributed by atoms with Crippen molar-refractivity contribution < 1.29 is 38.3 Å². The Bertz CT molecular complexity index is 996. The number of ether oxygens (including phenoxy) is 6. The van der Waals surface area contributed by atoms with Gasteiger partial charge < -0.3 is 38.8 Å². The molecule has 0 saturated carbocycles. The van der Waals surface area contributed by atoms with E-state index in [9.17, 15) is 4.79 Å². The molecule has 0 unspecified atom stereocenters. The molecule has 2 aromatic rings. The lowest BCUT2D eigenvalue weighted by Gasteiger charge is -2.36. The number of nitrogens with one attached hydrogen (secondary N) is 1. The van der Waals surface area contributed by atoms with Crippen molar-refractivity contribution in [1.82, 2.24) is 5.32 Å². The van der Waals surface area contributed by atoms with Crippen LogP contribution in [0.5, 0.6) is 11.5 Å². The Morgan fingerprint density at radius 1 is 1.14 bits per heavy atom. The second-order valence-electron chi connectivity index (χ2n) is 8.28. The molecule has 0 fully saturated rings. The van der Waals surface area contributed by atoms with Crippen molar-refractivity contribution in [2.24, 2.45) is 5.92 Å². The van der Waals surface area contributed by atoms with Crippen molar-refractivity contribution in [2.75, 3.05) is 46.4 Å². The number of amides is 1. The molecule has 36 heavy (non-hydrogen) atoms. The summed E-state index contributed by atoms with van der Waals surface area (Å²) in [7, 11) is 0. The van der Waals surface area contributed by atoms with E-state index in [1.165, 1.54) is 0 Å². The van der Waals surface area contributed by atoms with Crippen molar-refractivity contribution in [3.8, 4) is 11.5 Å². The van der Waals surface area contributed by atoms with Crippen molar-refractivity contribution in [2.45, 2.75) is 32.1 Å². The molecule has 0 spiro atoms. The molecule has 2 aliphatic rings.